The zero-order valence-corrected chi connectivity index (χ0v) is 13.0. The normalized spacial score (nSPS) is 16.8. The first-order valence-corrected chi connectivity index (χ1v) is 7.46. The van der Waals surface area contributed by atoms with Gasteiger partial charge in [0.1, 0.15) is 6.26 Å². The number of aryl methyl sites for hydroxylation is 1. The number of rotatable bonds is 4. The van der Waals surface area contributed by atoms with Gasteiger partial charge < -0.3 is 13.7 Å². The van der Waals surface area contributed by atoms with Crippen molar-refractivity contribution in [2.24, 2.45) is 0 Å². The molecule has 116 valence electrons. The maximum atomic E-state index is 12.6. The van der Waals surface area contributed by atoms with Gasteiger partial charge in [-0.1, -0.05) is 0 Å². The third kappa shape index (κ3) is 2.36. The van der Waals surface area contributed by atoms with E-state index in [1.165, 1.54) is 12.5 Å². The number of carbonyl (C=O) groups excluding carboxylic acids is 2. The van der Waals surface area contributed by atoms with Crippen LogP contribution in [-0.4, -0.2) is 22.4 Å². The van der Waals surface area contributed by atoms with Crippen molar-refractivity contribution in [2.75, 3.05) is 0 Å². The Kier molecular flexibility index (Phi) is 3.64. The maximum absolute atomic E-state index is 12.6. The molecule has 0 radical (unpaired) electrons. The second kappa shape index (κ2) is 5.48. The summed E-state index contributed by atoms with van der Waals surface area (Å²) in [6.07, 6.45) is 3.47. The Bertz CT molecular complexity index is 709. The van der Waals surface area contributed by atoms with Crippen LogP contribution < -0.4 is 0 Å². The Labute approximate surface area is 128 Å². The molecule has 0 aliphatic carbocycles. The number of hydrogen-bond donors (Lipinski definition) is 0. The molecule has 0 saturated carbocycles. The van der Waals surface area contributed by atoms with Crippen LogP contribution in [0.4, 0.5) is 0 Å². The SMILES string of the molecule is Cc1cc2n(c1C(=O)c1ccoc1)CCC2C(=O)OC(C)C. The summed E-state index contributed by atoms with van der Waals surface area (Å²) in [6.45, 7) is 6.22. The number of ketones is 1. The monoisotopic (exact) mass is 301 g/mol. The molecular formula is C17H19NO4. The van der Waals surface area contributed by atoms with E-state index in [-0.39, 0.29) is 23.8 Å². The average Bonchev–Trinajstić information content (AvgIpc) is 3.11. The molecule has 0 spiro atoms. The minimum Gasteiger partial charge on any atom is -0.472 e. The van der Waals surface area contributed by atoms with Crippen LogP contribution >= 0.6 is 0 Å². The molecule has 0 fully saturated rings. The van der Waals surface area contributed by atoms with Gasteiger partial charge in [-0.15, -0.1) is 0 Å². The van der Waals surface area contributed by atoms with Crippen molar-refractivity contribution in [3.8, 4) is 0 Å². The van der Waals surface area contributed by atoms with E-state index in [0.717, 1.165) is 11.3 Å². The fraction of sp³-hybridized carbons (Fsp3) is 0.412. The summed E-state index contributed by atoms with van der Waals surface area (Å²) < 4.78 is 12.3. The van der Waals surface area contributed by atoms with Gasteiger partial charge in [0.2, 0.25) is 5.78 Å². The summed E-state index contributed by atoms with van der Waals surface area (Å²) in [4.78, 5) is 24.8. The largest absolute Gasteiger partial charge is 0.472 e. The van der Waals surface area contributed by atoms with Gasteiger partial charge in [-0.2, -0.15) is 0 Å². The highest BCUT2D eigenvalue weighted by Gasteiger charge is 2.34. The number of hydrogen-bond acceptors (Lipinski definition) is 4. The fourth-order valence-electron chi connectivity index (χ4n) is 3.03. The number of ether oxygens (including phenoxy) is 1. The van der Waals surface area contributed by atoms with E-state index in [9.17, 15) is 9.59 Å². The summed E-state index contributed by atoms with van der Waals surface area (Å²) >= 11 is 0. The molecule has 0 saturated heterocycles. The summed E-state index contributed by atoms with van der Waals surface area (Å²) in [7, 11) is 0. The molecule has 2 aromatic heterocycles. The number of aromatic nitrogens is 1. The molecule has 22 heavy (non-hydrogen) atoms. The smallest absolute Gasteiger partial charge is 0.315 e. The molecule has 5 nitrogen and oxygen atoms in total. The Morgan fingerprint density at radius 1 is 1.41 bits per heavy atom. The van der Waals surface area contributed by atoms with Gasteiger partial charge in [-0.3, -0.25) is 9.59 Å². The molecule has 5 heteroatoms. The quantitative estimate of drug-likeness (QED) is 0.643. The van der Waals surface area contributed by atoms with E-state index < -0.39 is 0 Å². The lowest BCUT2D eigenvalue weighted by Gasteiger charge is -2.12. The topological polar surface area (TPSA) is 61.4 Å². The predicted molar refractivity (Wildman–Crippen MR) is 79.9 cm³/mol. The van der Waals surface area contributed by atoms with Crippen molar-refractivity contribution in [1.82, 2.24) is 4.57 Å². The molecule has 2 aromatic rings. The van der Waals surface area contributed by atoms with E-state index in [4.69, 9.17) is 9.15 Å². The van der Waals surface area contributed by atoms with E-state index in [1.807, 2.05) is 31.4 Å². The number of furan rings is 1. The Balaban J connectivity index is 1.94. The standard InChI is InChI=1S/C17H19NO4/c1-10(2)22-17(20)13-4-6-18-14(13)8-11(3)15(18)16(19)12-5-7-21-9-12/h5,7-10,13H,4,6H2,1-3H3. The van der Waals surface area contributed by atoms with E-state index >= 15 is 0 Å². The molecular weight excluding hydrogens is 282 g/mol. The highest BCUT2D eigenvalue weighted by Crippen LogP contribution is 2.34. The first-order valence-electron chi connectivity index (χ1n) is 7.46. The summed E-state index contributed by atoms with van der Waals surface area (Å²) in [5, 5.41) is 0. The number of nitrogens with zero attached hydrogens (tertiary/aromatic N) is 1. The molecule has 0 amide bonds. The average molecular weight is 301 g/mol. The van der Waals surface area contributed by atoms with E-state index in [2.05, 4.69) is 0 Å². The minimum absolute atomic E-state index is 0.0737. The Morgan fingerprint density at radius 3 is 2.82 bits per heavy atom. The molecule has 3 rings (SSSR count). The number of esters is 1. The highest BCUT2D eigenvalue weighted by atomic mass is 16.5. The van der Waals surface area contributed by atoms with Gasteiger partial charge in [0.05, 0.1) is 29.5 Å². The Hall–Kier alpha value is -2.30. The van der Waals surface area contributed by atoms with Crippen LogP contribution in [0.5, 0.6) is 0 Å². The molecule has 1 unspecified atom stereocenters. The van der Waals surface area contributed by atoms with E-state index in [1.54, 1.807) is 6.07 Å². The molecule has 3 heterocycles. The van der Waals surface area contributed by atoms with Crippen molar-refractivity contribution >= 4 is 11.8 Å². The van der Waals surface area contributed by atoms with Crippen LogP contribution in [-0.2, 0) is 16.1 Å². The highest BCUT2D eigenvalue weighted by molar-refractivity contribution is 6.09. The van der Waals surface area contributed by atoms with Crippen molar-refractivity contribution < 1.29 is 18.7 Å². The number of fused-ring (bicyclic) bond motifs is 1. The first-order chi connectivity index (χ1) is 10.5. The van der Waals surface area contributed by atoms with Crippen LogP contribution in [0.2, 0.25) is 0 Å². The molecule has 1 aliphatic heterocycles. The van der Waals surface area contributed by atoms with Gasteiger partial charge >= 0.3 is 5.97 Å². The van der Waals surface area contributed by atoms with Crippen molar-refractivity contribution in [3.63, 3.8) is 0 Å². The maximum Gasteiger partial charge on any atom is 0.315 e. The molecule has 0 bridgehead atoms. The molecule has 0 N–H and O–H groups in total. The van der Waals surface area contributed by atoms with Crippen LogP contribution in [0.3, 0.4) is 0 Å². The van der Waals surface area contributed by atoms with Gasteiger partial charge in [-0.25, -0.2) is 0 Å². The van der Waals surface area contributed by atoms with Crippen molar-refractivity contribution in [3.05, 3.63) is 47.2 Å². The molecule has 1 aliphatic rings. The predicted octanol–water partition coefficient (Wildman–Crippen LogP) is 3.06. The van der Waals surface area contributed by atoms with E-state index in [0.29, 0.717) is 24.2 Å². The zero-order valence-electron chi connectivity index (χ0n) is 13.0. The van der Waals surface area contributed by atoms with Crippen LogP contribution in [0.15, 0.2) is 29.1 Å². The third-order valence-electron chi connectivity index (χ3n) is 3.95. The summed E-state index contributed by atoms with van der Waals surface area (Å²) in [6, 6.07) is 3.58. The van der Waals surface area contributed by atoms with Crippen LogP contribution in [0.1, 0.15) is 53.5 Å². The van der Waals surface area contributed by atoms with Crippen LogP contribution in [0.25, 0.3) is 0 Å². The van der Waals surface area contributed by atoms with Crippen molar-refractivity contribution in [1.29, 1.82) is 0 Å². The molecule has 0 aromatic carbocycles. The molecule has 1 atom stereocenters. The van der Waals surface area contributed by atoms with Crippen LogP contribution in [0, 0.1) is 6.92 Å². The van der Waals surface area contributed by atoms with Gasteiger partial charge in [-0.05, 0) is 44.9 Å². The lowest BCUT2D eigenvalue weighted by atomic mass is 10.0. The first kappa shape index (κ1) is 14.6. The third-order valence-corrected chi connectivity index (χ3v) is 3.95. The summed E-state index contributed by atoms with van der Waals surface area (Å²) in [5.41, 5.74) is 2.91. The fourth-order valence-corrected chi connectivity index (χ4v) is 3.03. The second-order valence-electron chi connectivity index (χ2n) is 5.92. The van der Waals surface area contributed by atoms with Gasteiger partial charge in [0, 0.05) is 12.2 Å². The summed E-state index contributed by atoms with van der Waals surface area (Å²) in [5.74, 6) is -0.573. The van der Waals surface area contributed by atoms with Crippen molar-refractivity contribution in [2.45, 2.75) is 45.8 Å². The zero-order chi connectivity index (χ0) is 15.9. The van der Waals surface area contributed by atoms with Gasteiger partial charge in [0.25, 0.3) is 0 Å². The number of carbonyl (C=O) groups is 2. The van der Waals surface area contributed by atoms with Gasteiger partial charge in [0.15, 0.2) is 0 Å². The lowest BCUT2D eigenvalue weighted by Crippen LogP contribution is -2.18. The minimum atomic E-state index is -0.285. The lowest BCUT2D eigenvalue weighted by molar-refractivity contribution is -0.149. The second-order valence-corrected chi connectivity index (χ2v) is 5.92. The Morgan fingerprint density at radius 2 is 2.18 bits per heavy atom.